The normalized spacial score (nSPS) is 17.4. The first kappa shape index (κ1) is 13.8. The molecule has 2 N–H and O–H groups in total. The van der Waals surface area contributed by atoms with Crippen LogP contribution < -0.4 is 5.32 Å². The maximum Gasteiger partial charge on any atom is 0.0991 e. The first-order chi connectivity index (χ1) is 10.3. The summed E-state index contributed by atoms with van der Waals surface area (Å²) in [6.07, 6.45) is 0.587. The topological polar surface area (TPSA) is 56.0 Å². The number of rotatable bonds is 5. The highest BCUT2D eigenvalue weighted by molar-refractivity contribution is 5.40. The van der Waals surface area contributed by atoms with Gasteiger partial charge in [0, 0.05) is 19.0 Å². The Labute approximate surface area is 124 Å². The predicted octanol–water partition coefficient (Wildman–Crippen LogP) is 2.52. The first-order valence-corrected chi connectivity index (χ1v) is 7.24. The van der Waals surface area contributed by atoms with Crippen LogP contribution in [0.5, 0.6) is 0 Å². The van der Waals surface area contributed by atoms with Crippen LogP contribution in [0.4, 0.5) is 0 Å². The van der Waals surface area contributed by atoms with Crippen LogP contribution in [0.2, 0.25) is 0 Å². The van der Waals surface area contributed by atoms with Gasteiger partial charge in [-0.3, -0.25) is 0 Å². The van der Waals surface area contributed by atoms with Gasteiger partial charge in [-0.05, 0) is 35.2 Å². The lowest BCUT2D eigenvalue weighted by atomic mass is 9.77. The lowest BCUT2D eigenvalue weighted by Gasteiger charge is -2.30. The molecular formula is C18H18N2O. The highest BCUT2D eigenvalue weighted by Gasteiger charge is 2.24. The van der Waals surface area contributed by atoms with Gasteiger partial charge in [-0.1, -0.05) is 36.4 Å². The summed E-state index contributed by atoms with van der Waals surface area (Å²) < 4.78 is 0. The number of nitrogens with one attached hydrogen (secondary N) is 1. The standard InChI is InChI=1S/C18H18N2O/c19-10-13-5-7-14(8-6-13)18(21)12-20-11-16-9-15-3-1-2-4-17(15)16/h1-8,16,18,20-21H,9,11-12H2. The number of hydrogen-bond donors (Lipinski definition) is 2. The summed E-state index contributed by atoms with van der Waals surface area (Å²) in [7, 11) is 0. The SMILES string of the molecule is N#Cc1ccc(C(O)CNCC2Cc3ccccc32)cc1. The number of benzene rings is 2. The van der Waals surface area contributed by atoms with E-state index in [1.54, 1.807) is 12.1 Å². The van der Waals surface area contributed by atoms with Gasteiger partial charge in [-0.15, -0.1) is 0 Å². The van der Waals surface area contributed by atoms with E-state index in [2.05, 4.69) is 35.7 Å². The molecule has 0 spiro atoms. The summed E-state index contributed by atoms with van der Waals surface area (Å²) in [5.74, 6) is 0.564. The molecule has 0 aromatic heterocycles. The van der Waals surface area contributed by atoms with Crippen molar-refractivity contribution < 1.29 is 5.11 Å². The Kier molecular flexibility index (Phi) is 4.01. The summed E-state index contributed by atoms with van der Waals surface area (Å²) in [6.45, 7) is 1.43. The molecule has 0 amide bonds. The third-order valence-corrected chi connectivity index (χ3v) is 4.11. The molecule has 2 aromatic carbocycles. The second-order valence-corrected chi connectivity index (χ2v) is 5.51. The van der Waals surface area contributed by atoms with Gasteiger partial charge in [0.05, 0.1) is 17.7 Å². The highest BCUT2D eigenvalue weighted by atomic mass is 16.3. The molecule has 3 heteroatoms. The van der Waals surface area contributed by atoms with E-state index in [1.807, 2.05) is 12.1 Å². The van der Waals surface area contributed by atoms with Crippen molar-refractivity contribution in [1.29, 1.82) is 5.26 Å². The predicted molar refractivity (Wildman–Crippen MR) is 81.9 cm³/mol. The van der Waals surface area contributed by atoms with Crippen LogP contribution in [0, 0.1) is 11.3 Å². The smallest absolute Gasteiger partial charge is 0.0991 e. The van der Waals surface area contributed by atoms with Gasteiger partial charge in [-0.25, -0.2) is 0 Å². The highest BCUT2D eigenvalue weighted by Crippen LogP contribution is 2.34. The van der Waals surface area contributed by atoms with Crippen LogP contribution in [0.25, 0.3) is 0 Å². The van der Waals surface area contributed by atoms with E-state index in [9.17, 15) is 5.11 Å². The van der Waals surface area contributed by atoms with E-state index in [-0.39, 0.29) is 0 Å². The second-order valence-electron chi connectivity index (χ2n) is 5.51. The molecule has 0 bridgehead atoms. The molecule has 3 nitrogen and oxygen atoms in total. The lowest BCUT2D eigenvalue weighted by molar-refractivity contribution is 0.173. The zero-order valence-electron chi connectivity index (χ0n) is 11.8. The number of aliphatic hydroxyl groups is 1. The van der Waals surface area contributed by atoms with Gasteiger partial charge >= 0.3 is 0 Å². The minimum Gasteiger partial charge on any atom is -0.387 e. The minimum atomic E-state index is -0.534. The van der Waals surface area contributed by atoms with Crippen molar-refractivity contribution in [3.8, 4) is 6.07 Å². The third kappa shape index (κ3) is 2.97. The molecule has 2 aromatic rings. The second kappa shape index (κ2) is 6.09. The summed E-state index contributed by atoms with van der Waals surface area (Å²) >= 11 is 0. The summed E-state index contributed by atoms with van der Waals surface area (Å²) in [5, 5.41) is 22.2. The van der Waals surface area contributed by atoms with Crippen molar-refractivity contribution in [2.45, 2.75) is 18.4 Å². The first-order valence-electron chi connectivity index (χ1n) is 7.24. The summed E-state index contributed by atoms with van der Waals surface area (Å²) in [5.41, 5.74) is 4.33. The molecule has 3 rings (SSSR count). The average Bonchev–Trinajstić information content (AvgIpc) is 2.51. The van der Waals surface area contributed by atoms with E-state index in [4.69, 9.17) is 5.26 Å². The van der Waals surface area contributed by atoms with Gasteiger partial charge in [0.15, 0.2) is 0 Å². The van der Waals surface area contributed by atoms with Crippen molar-refractivity contribution >= 4 is 0 Å². The van der Waals surface area contributed by atoms with Crippen LogP contribution >= 0.6 is 0 Å². The molecule has 0 saturated heterocycles. The van der Waals surface area contributed by atoms with Crippen LogP contribution in [-0.2, 0) is 6.42 Å². The van der Waals surface area contributed by atoms with E-state index in [0.29, 0.717) is 18.0 Å². The summed E-state index contributed by atoms with van der Waals surface area (Å²) in [6, 6.07) is 17.7. The Morgan fingerprint density at radius 1 is 1.19 bits per heavy atom. The number of nitriles is 1. The number of hydrogen-bond acceptors (Lipinski definition) is 3. The van der Waals surface area contributed by atoms with Crippen molar-refractivity contribution in [1.82, 2.24) is 5.32 Å². The number of aliphatic hydroxyl groups excluding tert-OH is 1. The van der Waals surface area contributed by atoms with Crippen LogP contribution in [0.15, 0.2) is 48.5 Å². The third-order valence-electron chi connectivity index (χ3n) is 4.11. The van der Waals surface area contributed by atoms with Gasteiger partial charge in [0.1, 0.15) is 0 Å². The van der Waals surface area contributed by atoms with E-state index in [1.165, 1.54) is 11.1 Å². The number of nitrogens with zero attached hydrogens (tertiary/aromatic N) is 1. The molecule has 2 unspecified atom stereocenters. The largest absolute Gasteiger partial charge is 0.387 e. The van der Waals surface area contributed by atoms with Crippen LogP contribution in [-0.4, -0.2) is 18.2 Å². The Morgan fingerprint density at radius 2 is 1.95 bits per heavy atom. The molecule has 0 aliphatic heterocycles. The number of fused-ring (bicyclic) bond motifs is 1. The fourth-order valence-electron chi connectivity index (χ4n) is 2.84. The Bertz CT molecular complexity index is 658. The minimum absolute atomic E-state index is 0.532. The van der Waals surface area contributed by atoms with Crippen molar-refractivity contribution in [2.24, 2.45) is 0 Å². The zero-order chi connectivity index (χ0) is 14.7. The maximum absolute atomic E-state index is 10.1. The van der Waals surface area contributed by atoms with Crippen molar-refractivity contribution in [2.75, 3.05) is 13.1 Å². The van der Waals surface area contributed by atoms with E-state index < -0.39 is 6.10 Å². The Hall–Kier alpha value is -2.15. The van der Waals surface area contributed by atoms with E-state index >= 15 is 0 Å². The molecule has 21 heavy (non-hydrogen) atoms. The zero-order valence-corrected chi connectivity index (χ0v) is 11.8. The lowest BCUT2D eigenvalue weighted by Crippen LogP contribution is -2.31. The van der Waals surface area contributed by atoms with Gasteiger partial charge in [-0.2, -0.15) is 5.26 Å². The van der Waals surface area contributed by atoms with Gasteiger partial charge in [0.2, 0.25) is 0 Å². The fraction of sp³-hybridized carbons (Fsp3) is 0.278. The molecule has 0 heterocycles. The molecule has 0 fully saturated rings. The molecule has 0 radical (unpaired) electrons. The average molecular weight is 278 g/mol. The quantitative estimate of drug-likeness (QED) is 0.883. The molecule has 2 atom stereocenters. The maximum atomic E-state index is 10.1. The Morgan fingerprint density at radius 3 is 2.67 bits per heavy atom. The van der Waals surface area contributed by atoms with Crippen molar-refractivity contribution in [3.63, 3.8) is 0 Å². The molecule has 1 aliphatic carbocycles. The van der Waals surface area contributed by atoms with Crippen LogP contribution in [0.1, 0.15) is 34.3 Å². The summed E-state index contributed by atoms with van der Waals surface area (Å²) in [4.78, 5) is 0. The fourth-order valence-corrected chi connectivity index (χ4v) is 2.84. The Balaban J connectivity index is 1.48. The monoisotopic (exact) mass is 278 g/mol. The molecule has 1 aliphatic rings. The molecule has 106 valence electrons. The van der Waals surface area contributed by atoms with Gasteiger partial charge in [0.25, 0.3) is 0 Å². The van der Waals surface area contributed by atoms with Gasteiger partial charge < -0.3 is 10.4 Å². The van der Waals surface area contributed by atoms with E-state index in [0.717, 1.165) is 18.5 Å². The van der Waals surface area contributed by atoms with Crippen molar-refractivity contribution in [3.05, 3.63) is 70.8 Å². The van der Waals surface area contributed by atoms with Crippen LogP contribution in [0.3, 0.4) is 0 Å². The molecule has 0 saturated carbocycles. The molecular weight excluding hydrogens is 260 g/mol.